The fraction of sp³-hybridized carbons (Fsp3) is 0.333. The Balaban J connectivity index is 2.19. The molecule has 0 radical (unpaired) electrons. The molecule has 2 heteroatoms. The van der Waals surface area contributed by atoms with Crippen LogP contribution in [0.5, 0.6) is 0 Å². The summed E-state index contributed by atoms with van der Waals surface area (Å²) in [7, 11) is 0. The molecule has 0 bridgehead atoms. The number of fused-ring (bicyclic) bond motifs is 1. The minimum atomic E-state index is 0.489. The summed E-state index contributed by atoms with van der Waals surface area (Å²) < 4.78 is 5.66. The lowest BCUT2D eigenvalue weighted by Crippen LogP contribution is -2.21. The van der Waals surface area contributed by atoms with Gasteiger partial charge in [-0.3, -0.25) is 0 Å². The average Bonchev–Trinajstić information content (AvgIpc) is 2.57. The molecule has 2 nitrogen and oxygen atoms in total. The predicted molar refractivity (Wildman–Crippen MR) is 58.2 cm³/mol. The van der Waals surface area contributed by atoms with Gasteiger partial charge in [-0.2, -0.15) is 0 Å². The van der Waals surface area contributed by atoms with Crippen molar-refractivity contribution in [3.05, 3.63) is 36.1 Å². The van der Waals surface area contributed by atoms with Gasteiger partial charge in [0.15, 0.2) is 0 Å². The first kappa shape index (κ1) is 9.28. The van der Waals surface area contributed by atoms with Gasteiger partial charge in [0.05, 0.1) is 6.54 Å². The van der Waals surface area contributed by atoms with Crippen molar-refractivity contribution in [2.75, 3.05) is 0 Å². The van der Waals surface area contributed by atoms with Crippen molar-refractivity contribution in [3.63, 3.8) is 0 Å². The molecule has 0 aliphatic heterocycles. The molecule has 0 fully saturated rings. The monoisotopic (exact) mass is 189 g/mol. The number of hydrogen-bond donors (Lipinski definition) is 1. The molecule has 0 unspecified atom stereocenters. The van der Waals surface area contributed by atoms with E-state index in [4.69, 9.17) is 4.42 Å². The molecule has 2 rings (SSSR count). The van der Waals surface area contributed by atoms with Crippen LogP contribution < -0.4 is 5.32 Å². The highest BCUT2D eigenvalue weighted by molar-refractivity contribution is 5.77. The van der Waals surface area contributed by atoms with Gasteiger partial charge < -0.3 is 9.73 Å². The molecule has 1 heterocycles. The van der Waals surface area contributed by atoms with Gasteiger partial charge in [-0.15, -0.1) is 0 Å². The van der Waals surface area contributed by atoms with Gasteiger partial charge in [0.1, 0.15) is 11.3 Å². The second-order valence-corrected chi connectivity index (χ2v) is 3.79. The lowest BCUT2D eigenvalue weighted by Gasteiger charge is -2.04. The van der Waals surface area contributed by atoms with Crippen molar-refractivity contribution in [1.82, 2.24) is 5.32 Å². The molecule has 0 aliphatic carbocycles. The maximum absolute atomic E-state index is 5.66. The van der Waals surface area contributed by atoms with Crippen molar-refractivity contribution >= 4 is 11.0 Å². The fourth-order valence-corrected chi connectivity index (χ4v) is 1.43. The van der Waals surface area contributed by atoms with Crippen molar-refractivity contribution in [2.24, 2.45) is 0 Å². The standard InChI is InChI=1S/C12H15NO/c1-9(2)13-8-11-7-10-5-3-4-6-12(10)14-11/h3-7,9,13H,8H2,1-2H3. The predicted octanol–water partition coefficient (Wildman–Crippen LogP) is 2.93. The van der Waals surface area contributed by atoms with Crippen molar-refractivity contribution in [2.45, 2.75) is 26.4 Å². The zero-order chi connectivity index (χ0) is 9.97. The van der Waals surface area contributed by atoms with E-state index in [2.05, 4.69) is 31.3 Å². The van der Waals surface area contributed by atoms with Crippen LogP contribution in [0.3, 0.4) is 0 Å². The van der Waals surface area contributed by atoms with Gasteiger partial charge in [0.2, 0.25) is 0 Å². The fourth-order valence-electron chi connectivity index (χ4n) is 1.43. The van der Waals surface area contributed by atoms with E-state index in [-0.39, 0.29) is 0 Å². The van der Waals surface area contributed by atoms with Crippen molar-refractivity contribution in [3.8, 4) is 0 Å². The van der Waals surface area contributed by atoms with Crippen LogP contribution in [0.4, 0.5) is 0 Å². The molecule has 14 heavy (non-hydrogen) atoms. The topological polar surface area (TPSA) is 25.2 Å². The highest BCUT2D eigenvalue weighted by Gasteiger charge is 2.02. The highest BCUT2D eigenvalue weighted by atomic mass is 16.3. The first-order valence-electron chi connectivity index (χ1n) is 4.96. The molecule has 1 aromatic carbocycles. The zero-order valence-corrected chi connectivity index (χ0v) is 8.58. The van der Waals surface area contributed by atoms with Crippen LogP contribution >= 0.6 is 0 Å². The number of hydrogen-bond acceptors (Lipinski definition) is 2. The lowest BCUT2D eigenvalue weighted by molar-refractivity contribution is 0.488. The third kappa shape index (κ3) is 1.96. The minimum absolute atomic E-state index is 0.489. The van der Waals surface area contributed by atoms with E-state index in [1.807, 2.05) is 18.2 Å². The first-order chi connectivity index (χ1) is 6.75. The third-order valence-corrected chi connectivity index (χ3v) is 2.16. The van der Waals surface area contributed by atoms with Crippen LogP contribution in [0.1, 0.15) is 19.6 Å². The second-order valence-electron chi connectivity index (χ2n) is 3.79. The Labute approximate surface area is 83.9 Å². The highest BCUT2D eigenvalue weighted by Crippen LogP contribution is 2.18. The number of furan rings is 1. The van der Waals surface area contributed by atoms with E-state index in [0.29, 0.717) is 6.04 Å². The van der Waals surface area contributed by atoms with E-state index < -0.39 is 0 Å². The zero-order valence-electron chi connectivity index (χ0n) is 8.58. The molecule has 2 aromatic rings. The quantitative estimate of drug-likeness (QED) is 0.803. The van der Waals surface area contributed by atoms with Crippen molar-refractivity contribution in [1.29, 1.82) is 0 Å². The molecule has 1 aromatic heterocycles. The first-order valence-corrected chi connectivity index (χ1v) is 4.96. The maximum atomic E-state index is 5.66. The Bertz CT molecular complexity index is 384. The molecule has 0 aliphatic rings. The summed E-state index contributed by atoms with van der Waals surface area (Å²) in [6.45, 7) is 5.05. The van der Waals surface area contributed by atoms with E-state index in [9.17, 15) is 0 Å². The maximum Gasteiger partial charge on any atom is 0.134 e. The summed E-state index contributed by atoms with van der Waals surface area (Å²) in [6, 6.07) is 10.7. The Morgan fingerprint density at radius 1 is 1.29 bits per heavy atom. The Morgan fingerprint density at radius 2 is 2.07 bits per heavy atom. The van der Waals surface area contributed by atoms with Crippen LogP contribution in [0.15, 0.2) is 34.7 Å². The van der Waals surface area contributed by atoms with Crippen LogP contribution in [-0.2, 0) is 6.54 Å². The van der Waals surface area contributed by atoms with E-state index in [1.165, 1.54) is 5.39 Å². The number of benzene rings is 1. The van der Waals surface area contributed by atoms with Gasteiger partial charge in [-0.25, -0.2) is 0 Å². The smallest absolute Gasteiger partial charge is 0.134 e. The van der Waals surface area contributed by atoms with Gasteiger partial charge >= 0.3 is 0 Å². The van der Waals surface area contributed by atoms with Gasteiger partial charge in [0.25, 0.3) is 0 Å². The van der Waals surface area contributed by atoms with E-state index >= 15 is 0 Å². The number of rotatable bonds is 3. The van der Waals surface area contributed by atoms with Crippen LogP contribution in [-0.4, -0.2) is 6.04 Å². The van der Waals surface area contributed by atoms with Crippen molar-refractivity contribution < 1.29 is 4.42 Å². The van der Waals surface area contributed by atoms with E-state index in [1.54, 1.807) is 0 Å². The Morgan fingerprint density at radius 3 is 2.79 bits per heavy atom. The normalized spacial score (nSPS) is 11.4. The molecule has 0 saturated carbocycles. The summed E-state index contributed by atoms with van der Waals surface area (Å²) in [5, 5.41) is 4.50. The SMILES string of the molecule is CC(C)NCc1cc2ccccc2o1. The molecule has 74 valence electrons. The van der Waals surface area contributed by atoms with Gasteiger partial charge in [-0.05, 0) is 12.1 Å². The summed E-state index contributed by atoms with van der Waals surface area (Å²) in [6.07, 6.45) is 0. The summed E-state index contributed by atoms with van der Waals surface area (Å²) in [5.41, 5.74) is 0.966. The molecule has 1 N–H and O–H groups in total. The van der Waals surface area contributed by atoms with Gasteiger partial charge in [0, 0.05) is 11.4 Å². The molecule has 0 atom stereocenters. The minimum Gasteiger partial charge on any atom is -0.460 e. The Kier molecular flexibility index (Phi) is 2.55. The van der Waals surface area contributed by atoms with Crippen LogP contribution in [0.2, 0.25) is 0 Å². The molecule has 0 spiro atoms. The largest absolute Gasteiger partial charge is 0.460 e. The summed E-state index contributed by atoms with van der Waals surface area (Å²) in [5.74, 6) is 1.000. The summed E-state index contributed by atoms with van der Waals surface area (Å²) in [4.78, 5) is 0. The summed E-state index contributed by atoms with van der Waals surface area (Å²) >= 11 is 0. The second kappa shape index (κ2) is 3.84. The lowest BCUT2D eigenvalue weighted by atomic mass is 10.2. The molecular weight excluding hydrogens is 174 g/mol. The Hall–Kier alpha value is -1.28. The molecule has 0 amide bonds. The number of nitrogens with one attached hydrogen (secondary N) is 1. The van der Waals surface area contributed by atoms with Crippen LogP contribution in [0, 0.1) is 0 Å². The molecular formula is C12H15NO. The number of para-hydroxylation sites is 1. The average molecular weight is 189 g/mol. The molecule has 0 saturated heterocycles. The van der Waals surface area contributed by atoms with Gasteiger partial charge in [-0.1, -0.05) is 32.0 Å². The third-order valence-electron chi connectivity index (χ3n) is 2.16. The van der Waals surface area contributed by atoms with Crippen LogP contribution in [0.25, 0.3) is 11.0 Å². The van der Waals surface area contributed by atoms with E-state index in [0.717, 1.165) is 17.9 Å².